The van der Waals surface area contributed by atoms with Gasteiger partial charge in [-0.05, 0) is 32.9 Å². The second-order valence-corrected chi connectivity index (χ2v) is 20.3. The first-order valence-electron chi connectivity index (χ1n) is 24.3. The van der Waals surface area contributed by atoms with Gasteiger partial charge in [0.15, 0.2) is 5.69 Å². The molecule has 86 heavy (non-hydrogen) atoms. The Morgan fingerprint density at radius 1 is 0.651 bits per heavy atom. The van der Waals surface area contributed by atoms with Crippen molar-refractivity contribution >= 4 is 110 Å². The third kappa shape index (κ3) is 15.1. The van der Waals surface area contributed by atoms with Crippen LogP contribution in [0.5, 0.6) is 0 Å². The largest absolute Gasteiger partial charge is 0.477 e. The van der Waals surface area contributed by atoms with Crippen LogP contribution in [0.3, 0.4) is 0 Å². The fourth-order valence-corrected chi connectivity index (χ4v) is 9.16. The Kier molecular flexibility index (Phi) is 19.4. The number of carbonyl (C=O) groups excluding carboxylic acids is 10. The number of aliphatic hydroxyl groups is 1. The predicted molar refractivity (Wildman–Crippen MR) is 303 cm³/mol. The van der Waals surface area contributed by atoms with Crippen LogP contribution in [0.4, 0.5) is 0 Å². The molecule has 0 spiro atoms. The average Bonchev–Trinajstić information content (AvgIpc) is 4.19. The molecular weight excluding hydrogens is 1180 g/mol. The van der Waals surface area contributed by atoms with Gasteiger partial charge in [-0.1, -0.05) is 45.5 Å². The van der Waals surface area contributed by atoms with Gasteiger partial charge in [0.1, 0.15) is 73.5 Å². The highest BCUT2D eigenvalue weighted by Crippen LogP contribution is 2.34. The van der Waals surface area contributed by atoms with Crippen molar-refractivity contribution < 1.29 is 71.8 Å². The van der Waals surface area contributed by atoms with E-state index in [1.807, 2.05) is 10.6 Å². The highest BCUT2D eigenvalue weighted by Gasteiger charge is 2.31. The number of hydrogen-bond donors (Lipinski definition) is 12. The predicted octanol–water partition coefficient (Wildman–Crippen LogP) is 1.40. The Morgan fingerprint density at radius 2 is 1.22 bits per heavy atom. The molecule has 6 aromatic heterocycles. The van der Waals surface area contributed by atoms with Crippen molar-refractivity contribution in [2.45, 2.75) is 45.5 Å². The first-order chi connectivity index (χ1) is 40.7. The molecule has 1 aliphatic heterocycles. The normalized spacial score (nSPS) is 16.1. The number of carbonyl (C=O) groups is 11. The zero-order valence-corrected chi connectivity index (χ0v) is 47.4. The lowest BCUT2D eigenvalue weighted by molar-refractivity contribution is -0.134. The van der Waals surface area contributed by atoms with Gasteiger partial charge in [-0.15, -0.1) is 34.0 Å². The third-order valence-corrected chi connectivity index (χ3v) is 14.0. The lowest BCUT2D eigenvalue weighted by Gasteiger charge is -2.20. The van der Waals surface area contributed by atoms with Gasteiger partial charge < -0.3 is 72.2 Å². The number of carboxylic acids is 1. The number of thiazole rings is 3. The van der Waals surface area contributed by atoms with E-state index < -0.39 is 117 Å². The number of fused-ring (bicyclic) bond motifs is 13. The second-order valence-electron chi connectivity index (χ2n) is 17.6. The number of allylic oxidation sites excluding steroid dienone is 1. The Hall–Kier alpha value is -11.2. The number of oxazole rings is 2. The minimum absolute atomic E-state index is 0.0187. The summed E-state index contributed by atoms with van der Waals surface area (Å²) in [5.41, 5.74) is -4.74. The molecular formula is C52H46N16O15S3. The van der Waals surface area contributed by atoms with E-state index >= 15 is 0 Å². The molecule has 34 heteroatoms. The van der Waals surface area contributed by atoms with Crippen molar-refractivity contribution in [3.63, 3.8) is 0 Å². The summed E-state index contributed by atoms with van der Waals surface area (Å²) in [4.78, 5) is 169. The molecule has 6 aromatic rings. The van der Waals surface area contributed by atoms with Crippen LogP contribution < -0.4 is 53.2 Å². The van der Waals surface area contributed by atoms with E-state index in [-0.39, 0.29) is 74.5 Å². The summed E-state index contributed by atoms with van der Waals surface area (Å²) in [6.07, 6.45) is 1.94. The number of rotatable bonds is 10. The maximum Gasteiger partial charge on any atom is 0.351 e. The summed E-state index contributed by atoms with van der Waals surface area (Å²) in [5.74, 6) is -11.7. The minimum atomic E-state index is -1.63. The number of aliphatic carboxylic acids is 1. The molecule has 31 nitrogen and oxygen atoms in total. The molecule has 0 fully saturated rings. The average molecular weight is 1230 g/mol. The zero-order chi connectivity index (χ0) is 62.8. The van der Waals surface area contributed by atoms with Crippen molar-refractivity contribution in [3.8, 4) is 22.0 Å². The van der Waals surface area contributed by atoms with Gasteiger partial charge in [0.25, 0.3) is 53.2 Å². The van der Waals surface area contributed by atoms with Gasteiger partial charge in [-0.3, -0.25) is 47.9 Å². The van der Waals surface area contributed by atoms with Gasteiger partial charge in [-0.25, -0.2) is 34.7 Å². The molecule has 3 atom stereocenters. The summed E-state index contributed by atoms with van der Waals surface area (Å²) in [6.45, 7) is 25.0. The van der Waals surface area contributed by atoms with Crippen LogP contribution in [0.25, 0.3) is 33.4 Å². The van der Waals surface area contributed by atoms with Gasteiger partial charge in [-0.2, -0.15) is 0 Å². The fraction of sp³-hybridized carbons (Fsp3) is 0.135. The Bertz CT molecular complexity index is 3950. The Balaban J connectivity index is 1.15. The van der Waals surface area contributed by atoms with Crippen LogP contribution in [0.1, 0.15) is 101 Å². The quantitative estimate of drug-likeness (QED) is 0.0862. The van der Waals surface area contributed by atoms with Crippen LogP contribution in [0.15, 0.2) is 124 Å². The second kappa shape index (κ2) is 26.8. The molecule has 0 unspecified atom stereocenters. The molecule has 0 saturated heterocycles. The van der Waals surface area contributed by atoms with E-state index in [0.717, 1.165) is 46.5 Å². The number of hydrogen-bond acceptors (Lipinski definition) is 23. The molecule has 0 saturated carbocycles. The summed E-state index contributed by atoms with van der Waals surface area (Å²) in [7, 11) is 0. The van der Waals surface area contributed by atoms with E-state index in [2.05, 4.69) is 112 Å². The van der Waals surface area contributed by atoms with Gasteiger partial charge >= 0.3 is 5.97 Å². The van der Waals surface area contributed by atoms with Crippen LogP contribution >= 0.6 is 34.0 Å². The van der Waals surface area contributed by atoms with Crippen molar-refractivity contribution in [2.75, 3.05) is 0 Å². The first-order valence-corrected chi connectivity index (χ1v) is 26.9. The van der Waals surface area contributed by atoms with Crippen molar-refractivity contribution in [3.05, 3.63) is 165 Å². The number of aliphatic hydroxyl groups excluding tert-OH is 1. The Morgan fingerprint density at radius 3 is 1.88 bits per heavy atom. The maximum atomic E-state index is 13.8. The lowest BCUT2D eigenvalue weighted by Crippen LogP contribution is -2.52. The maximum absolute atomic E-state index is 13.8. The van der Waals surface area contributed by atoms with Crippen LogP contribution in [0, 0.1) is 0 Å². The fourth-order valence-electron chi connectivity index (χ4n) is 6.81. The van der Waals surface area contributed by atoms with E-state index in [0.29, 0.717) is 10.0 Å². The van der Waals surface area contributed by atoms with Crippen molar-refractivity contribution in [2.24, 2.45) is 0 Å². The Labute approximate surface area is 495 Å². The number of nitrogens with one attached hydrogen (secondary N) is 10. The number of carboxylic acid groups (broad SMARTS) is 1. The van der Waals surface area contributed by atoms with Crippen LogP contribution in [-0.2, 0) is 35.3 Å². The van der Waals surface area contributed by atoms with Gasteiger partial charge in [0, 0.05) is 21.7 Å². The molecule has 442 valence electrons. The van der Waals surface area contributed by atoms with Crippen molar-refractivity contribution in [1.82, 2.24) is 83.1 Å². The molecule has 0 radical (unpaired) electrons. The molecule has 0 aromatic carbocycles. The van der Waals surface area contributed by atoms with Crippen LogP contribution in [-0.4, -0.2) is 117 Å². The number of amides is 10. The number of nitrogens with zero attached hydrogens (tertiary/aromatic N) is 6. The minimum Gasteiger partial charge on any atom is -0.477 e. The van der Waals surface area contributed by atoms with Gasteiger partial charge in [0.05, 0.1) is 52.9 Å². The molecule has 10 amide bonds. The molecule has 12 N–H and O–H groups in total. The summed E-state index contributed by atoms with van der Waals surface area (Å²) in [5, 5.41) is 47.8. The zero-order valence-electron chi connectivity index (χ0n) is 44.9. The molecule has 10 bridgehead atoms. The van der Waals surface area contributed by atoms with E-state index in [4.69, 9.17) is 13.9 Å². The smallest absolute Gasteiger partial charge is 0.351 e. The van der Waals surface area contributed by atoms with Crippen LogP contribution in [0.2, 0.25) is 0 Å². The lowest BCUT2D eigenvalue weighted by atomic mass is 10.1. The molecule has 0 aliphatic carbocycles. The highest BCUT2D eigenvalue weighted by molar-refractivity contribution is 7.13. The highest BCUT2D eigenvalue weighted by atomic mass is 32.1. The SMILES string of the molecule is C=C(NC(=O)C(=C)NC(=O)C(=C)NC(=O)C(=C)NC(=O)c1ccc2c(n1)-c1coc(n1)C(=C)NC(=O)C(=C)NC(=O)c1csc(n1)[C@@H](C)NC(=O)c1csc(n1)CNC(=O)c1coc(n1)C(=CC)NC(=O)[C@H]([C@H](C)O)NC(=O)c1csc-2n1)C(=O)O. The van der Waals surface area contributed by atoms with E-state index in [9.17, 15) is 57.8 Å². The first kappa shape index (κ1) is 62.4. The topological polar surface area (TPSA) is 452 Å². The summed E-state index contributed by atoms with van der Waals surface area (Å²) >= 11 is 2.99. The third-order valence-electron chi connectivity index (χ3n) is 11.3. The van der Waals surface area contributed by atoms with E-state index in [1.165, 1.54) is 48.2 Å². The van der Waals surface area contributed by atoms with Gasteiger partial charge in [0.2, 0.25) is 17.7 Å². The standard InChI is InChI=1S/C52H46N16O15S3/c1-10-28-49-65-31(15-83-49)42(74)53-13-35-61-32(16-84-35)44(76)59-24(7)50-66-33(17-85-50)45(77)57-22(5)40(72)58-23(6)48-64-30(14-82-48)37-27(51-67-34(18-86-51)46(78)68-36(26(9)69)47(79)63-28)11-12-29(62-37)43(75)56-21(4)39(71)54-19(2)38(70)55-20(3)41(73)60-25(8)52(80)81/h10-12,14-18,24,26,36,69H,2-6,8,13H2,1,7,9H3,(H,53,74)(H,54,71)(H,55,70)(H,56,75)(H,57,77)(H,58,72)(H,59,76)(H,60,73)(H,63,79)(H,68,78)(H,80,81)/t24-,26+,36+/m1/s1. The molecule has 7 rings (SSSR count). The van der Waals surface area contributed by atoms with E-state index in [1.54, 1.807) is 6.92 Å². The number of pyridine rings is 1. The summed E-state index contributed by atoms with van der Waals surface area (Å²) in [6, 6.07) is 0.142. The molecule has 7 heterocycles. The summed E-state index contributed by atoms with van der Waals surface area (Å²) < 4.78 is 11.1. The monoisotopic (exact) mass is 1230 g/mol. The van der Waals surface area contributed by atoms with Crippen molar-refractivity contribution in [1.29, 1.82) is 0 Å². The molecule has 1 aliphatic rings. The number of aromatic nitrogens is 6.